The first-order valence-corrected chi connectivity index (χ1v) is 42.2. The molecular weight excluding hydrogens is 1380 g/mol. The molecule has 0 aliphatic carbocycles. The fraction of sp³-hybridized carbons (Fsp3) is 1.00. The minimum atomic E-state index is -1.16. The lowest BCUT2D eigenvalue weighted by Crippen LogP contribution is -2.35. The van der Waals surface area contributed by atoms with E-state index >= 15 is 0 Å². The Morgan fingerprint density at radius 2 is 0.204 bits per heavy atom. The van der Waals surface area contributed by atoms with Gasteiger partial charge in [-0.3, -0.25) is 39.2 Å². The first-order chi connectivity index (χ1) is 49.7. The van der Waals surface area contributed by atoms with Crippen molar-refractivity contribution in [1.82, 2.24) is 39.2 Å². The van der Waals surface area contributed by atoms with Crippen LogP contribution in [0, 0.1) is 0 Å². The molecule has 0 aromatic carbocycles. The van der Waals surface area contributed by atoms with Crippen molar-refractivity contribution in [3.63, 3.8) is 0 Å². The molecule has 24 heteroatoms. The lowest BCUT2D eigenvalue weighted by atomic mass is 10.2. The highest BCUT2D eigenvalue weighted by Crippen LogP contribution is 2.21. The average molecular weight is 1590 g/mol. The molecule has 8 rings (SSSR count). The van der Waals surface area contributed by atoms with Gasteiger partial charge in [-0.05, 0) is 211 Å². The smallest absolute Gasteiger partial charge is 0.167 e. The maximum absolute atomic E-state index is 8.74. The maximum atomic E-state index is 8.74. The fourth-order valence-corrected chi connectivity index (χ4v) is 10.5. The first-order valence-electron chi connectivity index (χ1n) is 42.2. The van der Waals surface area contributed by atoms with Gasteiger partial charge in [-0.1, -0.05) is 251 Å². The van der Waals surface area contributed by atoms with Crippen LogP contribution in [0.3, 0.4) is 0 Å². The van der Waals surface area contributed by atoms with Crippen molar-refractivity contribution in [2.45, 2.75) is 453 Å². The second-order valence-electron chi connectivity index (χ2n) is 20.8. The van der Waals surface area contributed by atoms with Crippen LogP contribution in [0.25, 0.3) is 0 Å². The third-order valence-corrected chi connectivity index (χ3v) is 15.4. The summed E-state index contributed by atoms with van der Waals surface area (Å²) in [5.41, 5.74) is 0. The van der Waals surface area contributed by atoms with E-state index in [1.165, 1.54) is 0 Å². The number of likely N-dealkylation sites (tertiary alicyclic amines) is 8. The van der Waals surface area contributed by atoms with E-state index in [9.17, 15) is 0 Å². The van der Waals surface area contributed by atoms with Crippen LogP contribution in [0.5, 0.6) is 0 Å². The molecule has 0 spiro atoms. The molecule has 8 fully saturated rings. The number of aliphatic hydroxyl groups excluding tert-OH is 8. The van der Waals surface area contributed by atoms with Gasteiger partial charge in [0.1, 0.15) is 0 Å². The van der Waals surface area contributed by atoms with E-state index in [0.717, 1.165) is 155 Å². The molecule has 688 valence electrons. The quantitative estimate of drug-likeness (QED) is 0.100. The minimum absolute atomic E-state index is 0. The maximum Gasteiger partial charge on any atom is 0.167 e. The number of likely N-dealkylation sites (N-methyl/N-ethyl adjacent to an activating group) is 8. The van der Waals surface area contributed by atoms with Crippen LogP contribution in [0.4, 0.5) is 0 Å². The zero-order valence-electron chi connectivity index (χ0n) is 76.9. The molecule has 8 heterocycles. The van der Waals surface area contributed by atoms with Gasteiger partial charge in [0, 0.05) is 0 Å². The molecule has 0 radical (unpaired) electrons. The molecule has 8 atom stereocenters. The SMILES string of the molecule is C.C.C.C.CC.CC.CC.CC.CC.CC.CC.CC.CC.CC.CC.CC.CC.CC.CC.CC.CN1CCC[C@@H]1C(O)O.CN1CCC[C@@H]1C(O)O.CN1CCC[C@@H]1C(O)O.CN1CCC[C@@H]1C(O)O.CN1CCC[C@H]1C(O)O.CN1CCC[C@H]1C(O)O.CN1CCC[C@H]1C(O)O.CN1CCC[C@H]1C(O)O. The number of hydrogen-bond donors (Lipinski definition) is 16. The van der Waals surface area contributed by atoms with Crippen LogP contribution in [0.2, 0.25) is 0 Å². The van der Waals surface area contributed by atoms with Gasteiger partial charge in [0.05, 0.1) is 48.3 Å². The van der Waals surface area contributed by atoms with Gasteiger partial charge in [0.25, 0.3) is 0 Å². The van der Waals surface area contributed by atoms with Crippen LogP contribution in [-0.4, -0.2) is 328 Å². The molecule has 0 aromatic heterocycles. The van der Waals surface area contributed by atoms with Crippen LogP contribution >= 0.6 is 0 Å². The molecular formula is C84H216N8O16. The summed E-state index contributed by atoms with van der Waals surface area (Å²) in [5.74, 6) is 0. The molecule has 8 aliphatic heterocycles. The lowest BCUT2D eigenvalue weighted by Gasteiger charge is -2.20. The van der Waals surface area contributed by atoms with Gasteiger partial charge in [0.15, 0.2) is 50.3 Å². The van der Waals surface area contributed by atoms with E-state index in [1.54, 1.807) is 0 Å². The summed E-state index contributed by atoms with van der Waals surface area (Å²) in [7, 11) is 15.3. The predicted molar refractivity (Wildman–Crippen MR) is 480 cm³/mol. The molecule has 0 saturated carbocycles. The van der Waals surface area contributed by atoms with Gasteiger partial charge < -0.3 is 81.7 Å². The largest absolute Gasteiger partial charge is 0.367 e. The summed E-state index contributed by atoms with van der Waals surface area (Å²) in [5, 5.41) is 140. The van der Waals surface area contributed by atoms with Gasteiger partial charge >= 0.3 is 0 Å². The third kappa shape index (κ3) is 92.2. The van der Waals surface area contributed by atoms with E-state index in [2.05, 4.69) is 0 Å². The molecule has 8 saturated heterocycles. The molecule has 0 amide bonds. The fourth-order valence-electron chi connectivity index (χ4n) is 10.5. The minimum Gasteiger partial charge on any atom is -0.367 e. The van der Waals surface area contributed by atoms with E-state index in [-0.39, 0.29) is 78.0 Å². The number of aliphatic hydroxyl groups is 16. The first kappa shape index (κ1) is 159. The normalized spacial score (nSPS) is 20.9. The molecule has 8 aliphatic rings. The molecule has 0 aromatic rings. The highest BCUT2D eigenvalue weighted by molar-refractivity contribution is 4.82. The third-order valence-electron chi connectivity index (χ3n) is 15.4. The summed E-state index contributed by atoms with van der Waals surface area (Å²) in [6, 6.07) is -0.185. The Labute approximate surface area is 679 Å². The Kier molecular flexibility index (Phi) is 191. The summed E-state index contributed by atoms with van der Waals surface area (Å²) < 4.78 is 0. The van der Waals surface area contributed by atoms with Gasteiger partial charge in [0.2, 0.25) is 0 Å². The molecule has 24 nitrogen and oxygen atoms in total. The van der Waals surface area contributed by atoms with Crippen molar-refractivity contribution in [3.05, 3.63) is 0 Å². The Bertz CT molecular complexity index is 1060. The van der Waals surface area contributed by atoms with Gasteiger partial charge in [-0.15, -0.1) is 0 Å². The predicted octanol–water partition coefficient (Wildman–Crippen LogP) is 14.1. The van der Waals surface area contributed by atoms with Crippen molar-refractivity contribution in [2.75, 3.05) is 109 Å². The summed E-state index contributed by atoms with van der Waals surface area (Å²) >= 11 is 0. The molecule has 0 bridgehead atoms. The van der Waals surface area contributed by atoms with Gasteiger partial charge in [-0.25, -0.2) is 0 Å². The zero-order chi connectivity index (χ0) is 86.8. The summed E-state index contributed by atoms with van der Waals surface area (Å²) in [6.45, 7) is 71.9. The summed E-state index contributed by atoms with van der Waals surface area (Å²) in [6.07, 6.45) is 6.70. The van der Waals surface area contributed by atoms with E-state index < -0.39 is 50.3 Å². The van der Waals surface area contributed by atoms with Crippen molar-refractivity contribution < 1.29 is 81.7 Å². The van der Waals surface area contributed by atoms with Crippen LogP contribution in [-0.2, 0) is 0 Å². The average Bonchev–Trinajstić information content (AvgIpc) is 1.87. The number of rotatable bonds is 8. The highest BCUT2D eigenvalue weighted by Gasteiger charge is 2.31. The van der Waals surface area contributed by atoms with E-state index in [4.69, 9.17) is 81.7 Å². The molecule has 16 N–H and O–H groups in total. The molecule has 108 heavy (non-hydrogen) atoms. The standard InChI is InChI=1S/8C6H13NO2.16C2H6.4CH4/c8*1-7-4-2-3-5(7)6(8)9;16*1-2;;;;/h8*5-6,8-9H,2-4H2,1H3;16*1-2H3;4*1H4/t8*5-;;;;;;;;;;;;;;;;;;;;/m11110000..................../s1. The van der Waals surface area contributed by atoms with E-state index in [1.807, 2.05) is 317 Å². The Morgan fingerprint density at radius 3 is 0.222 bits per heavy atom. The Balaban J connectivity index is -0.0000000429. The second-order valence-corrected chi connectivity index (χ2v) is 20.8. The van der Waals surface area contributed by atoms with Crippen molar-refractivity contribution in [2.24, 2.45) is 0 Å². The Morgan fingerprint density at radius 1 is 0.148 bits per heavy atom. The highest BCUT2D eigenvalue weighted by atomic mass is 16.5. The lowest BCUT2D eigenvalue weighted by molar-refractivity contribution is -0.0863. The topological polar surface area (TPSA) is 350 Å². The van der Waals surface area contributed by atoms with Crippen molar-refractivity contribution >= 4 is 0 Å². The van der Waals surface area contributed by atoms with E-state index in [0.29, 0.717) is 0 Å². The van der Waals surface area contributed by atoms with Crippen LogP contribution < -0.4 is 0 Å². The van der Waals surface area contributed by atoms with Crippen LogP contribution in [0.15, 0.2) is 0 Å². The van der Waals surface area contributed by atoms with Crippen LogP contribution in [0.1, 0.15) is 354 Å². The van der Waals surface area contributed by atoms with Crippen molar-refractivity contribution in [1.29, 1.82) is 0 Å². The second kappa shape index (κ2) is 130. The Hall–Kier alpha value is -0.960. The molecule has 0 unspecified atom stereocenters. The monoisotopic (exact) mass is 1590 g/mol. The summed E-state index contributed by atoms with van der Waals surface area (Å²) in [4.78, 5) is 15.8. The number of hydrogen-bond acceptors (Lipinski definition) is 24. The van der Waals surface area contributed by atoms with Crippen molar-refractivity contribution in [3.8, 4) is 0 Å². The van der Waals surface area contributed by atoms with Gasteiger partial charge in [-0.2, -0.15) is 0 Å². The zero-order valence-corrected chi connectivity index (χ0v) is 76.9. The number of nitrogens with zero attached hydrogens (tertiary/aromatic N) is 8.